The van der Waals surface area contributed by atoms with E-state index in [9.17, 15) is 5.11 Å². The largest absolute Gasteiger partial charge is 0.394 e. The Morgan fingerprint density at radius 1 is 1.28 bits per heavy atom. The number of hydrogen-bond donors (Lipinski definition) is 2. The number of nitrogens with one attached hydrogen (secondary N) is 1. The molecule has 1 aliphatic rings. The highest BCUT2D eigenvalue weighted by atomic mass is 16.3. The summed E-state index contributed by atoms with van der Waals surface area (Å²) in [6.45, 7) is 12.3. The standard InChI is InChI=1S/C15H32N2O/c1-5-9-16-15(12-18,14-7-8-14)11-17(10-6-2)13(3)4/h13-14,16,18H,5-12H2,1-4H3. The summed E-state index contributed by atoms with van der Waals surface area (Å²) in [4.78, 5) is 2.51. The van der Waals surface area contributed by atoms with Crippen LogP contribution < -0.4 is 5.32 Å². The number of aliphatic hydroxyl groups excluding tert-OH is 1. The Labute approximate surface area is 113 Å². The molecule has 0 saturated heterocycles. The van der Waals surface area contributed by atoms with E-state index in [1.807, 2.05) is 0 Å². The third kappa shape index (κ3) is 4.22. The molecule has 0 radical (unpaired) electrons. The molecule has 108 valence electrons. The van der Waals surface area contributed by atoms with Gasteiger partial charge in [0.25, 0.3) is 0 Å². The lowest BCUT2D eigenvalue weighted by Crippen LogP contribution is -2.59. The maximum Gasteiger partial charge on any atom is 0.0628 e. The van der Waals surface area contributed by atoms with E-state index < -0.39 is 0 Å². The van der Waals surface area contributed by atoms with E-state index in [1.165, 1.54) is 19.3 Å². The molecule has 0 spiro atoms. The van der Waals surface area contributed by atoms with E-state index in [0.29, 0.717) is 12.0 Å². The molecule has 0 aromatic carbocycles. The Bertz CT molecular complexity index is 229. The van der Waals surface area contributed by atoms with Gasteiger partial charge in [-0.05, 0) is 58.5 Å². The second-order valence-electron chi connectivity index (χ2n) is 6.08. The van der Waals surface area contributed by atoms with Gasteiger partial charge in [-0.15, -0.1) is 0 Å². The molecule has 0 bridgehead atoms. The van der Waals surface area contributed by atoms with Crippen molar-refractivity contribution in [3.05, 3.63) is 0 Å². The van der Waals surface area contributed by atoms with E-state index >= 15 is 0 Å². The van der Waals surface area contributed by atoms with Gasteiger partial charge in [0.05, 0.1) is 12.1 Å². The Hall–Kier alpha value is -0.120. The second kappa shape index (κ2) is 7.46. The fourth-order valence-corrected chi connectivity index (χ4v) is 2.74. The predicted molar refractivity (Wildman–Crippen MR) is 77.8 cm³/mol. The van der Waals surface area contributed by atoms with Crippen LogP contribution in [-0.2, 0) is 0 Å². The highest BCUT2D eigenvalue weighted by Crippen LogP contribution is 2.40. The van der Waals surface area contributed by atoms with Gasteiger partial charge in [0, 0.05) is 12.6 Å². The fourth-order valence-electron chi connectivity index (χ4n) is 2.74. The lowest BCUT2D eigenvalue weighted by atomic mass is 9.92. The molecule has 1 atom stereocenters. The molecule has 18 heavy (non-hydrogen) atoms. The first-order valence-corrected chi connectivity index (χ1v) is 7.69. The van der Waals surface area contributed by atoms with Crippen molar-refractivity contribution in [2.45, 2.75) is 65.0 Å². The van der Waals surface area contributed by atoms with E-state index in [1.54, 1.807) is 0 Å². The maximum atomic E-state index is 9.92. The fraction of sp³-hybridized carbons (Fsp3) is 1.00. The van der Waals surface area contributed by atoms with Crippen molar-refractivity contribution in [3.8, 4) is 0 Å². The molecule has 2 N–H and O–H groups in total. The van der Waals surface area contributed by atoms with Crippen LogP contribution in [0.5, 0.6) is 0 Å². The van der Waals surface area contributed by atoms with Gasteiger partial charge in [0.2, 0.25) is 0 Å². The minimum Gasteiger partial charge on any atom is -0.394 e. The van der Waals surface area contributed by atoms with Gasteiger partial charge >= 0.3 is 0 Å². The number of rotatable bonds is 10. The van der Waals surface area contributed by atoms with Gasteiger partial charge in [-0.1, -0.05) is 13.8 Å². The molecule has 0 aliphatic heterocycles. The van der Waals surface area contributed by atoms with Crippen LogP contribution in [-0.4, -0.2) is 47.8 Å². The molecule has 1 fully saturated rings. The molecule has 0 amide bonds. The topological polar surface area (TPSA) is 35.5 Å². The summed E-state index contributed by atoms with van der Waals surface area (Å²) in [5, 5.41) is 13.6. The van der Waals surface area contributed by atoms with Gasteiger partial charge in [-0.2, -0.15) is 0 Å². The lowest BCUT2D eigenvalue weighted by Gasteiger charge is -2.40. The summed E-state index contributed by atoms with van der Waals surface area (Å²) in [6.07, 6.45) is 4.85. The molecular weight excluding hydrogens is 224 g/mol. The predicted octanol–water partition coefficient (Wildman–Crippen LogP) is 2.25. The third-order valence-electron chi connectivity index (χ3n) is 4.09. The second-order valence-corrected chi connectivity index (χ2v) is 6.08. The molecule has 3 heteroatoms. The molecule has 1 unspecified atom stereocenters. The van der Waals surface area contributed by atoms with E-state index in [4.69, 9.17) is 0 Å². The van der Waals surface area contributed by atoms with Crippen molar-refractivity contribution in [2.75, 3.05) is 26.2 Å². The zero-order valence-corrected chi connectivity index (χ0v) is 12.7. The number of hydrogen-bond acceptors (Lipinski definition) is 3. The zero-order valence-electron chi connectivity index (χ0n) is 12.7. The maximum absolute atomic E-state index is 9.92. The zero-order chi connectivity index (χ0) is 13.6. The quantitative estimate of drug-likeness (QED) is 0.629. The first-order chi connectivity index (χ1) is 8.59. The van der Waals surface area contributed by atoms with Crippen LogP contribution in [0.25, 0.3) is 0 Å². The minimum absolute atomic E-state index is 0.0601. The molecule has 1 rings (SSSR count). The van der Waals surface area contributed by atoms with Crippen LogP contribution in [0.15, 0.2) is 0 Å². The molecule has 3 nitrogen and oxygen atoms in total. The highest BCUT2D eigenvalue weighted by molar-refractivity contribution is 5.03. The summed E-state index contributed by atoms with van der Waals surface area (Å²) >= 11 is 0. The van der Waals surface area contributed by atoms with Crippen LogP contribution in [0.1, 0.15) is 53.4 Å². The van der Waals surface area contributed by atoms with Gasteiger partial charge in [-0.25, -0.2) is 0 Å². The van der Waals surface area contributed by atoms with Crippen molar-refractivity contribution in [3.63, 3.8) is 0 Å². The van der Waals surface area contributed by atoms with Crippen LogP contribution in [0.2, 0.25) is 0 Å². The summed E-state index contributed by atoms with van der Waals surface area (Å²) in [5.74, 6) is 0.673. The summed E-state index contributed by atoms with van der Waals surface area (Å²) < 4.78 is 0. The SMILES string of the molecule is CCCNC(CO)(CN(CCC)C(C)C)C1CC1. The Morgan fingerprint density at radius 2 is 1.94 bits per heavy atom. The molecule has 1 saturated carbocycles. The number of nitrogens with zero attached hydrogens (tertiary/aromatic N) is 1. The normalized spacial score (nSPS) is 19.5. The average molecular weight is 256 g/mol. The van der Waals surface area contributed by atoms with E-state index in [0.717, 1.165) is 26.1 Å². The summed E-state index contributed by atoms with van der Waals surface area (Å²) in [6, 6.07) is 0.554. The van der Waals surface area contributed by atoms with Gasteiger partial charge in [-0.3, -0.25) is 4.90 Å². The third-order valence-corrected chi connectivity index (χ3v) is 4.09. The van der Waals surface area contributed by atoms with E-state index in [2.05, 4.69) is 37.9 Å². The van der Waals surface area contributed by atoms with Crippen molar-refractivity contribution in [1.29, 1.82) is 0 Å². The van der Waals surface area contributed by atoms with E-state index in [-0.39, 0.29) is 12.1 Å². The van der Waals surface area contributed by atoms with Gasteiger partial charge < -0.3 is 10.4 Å². The summed E-state index contributed by atoms with van der Waals surface area (Å²) in [5.41, 5.74) is -0.0601. The monoisotopic (exact) mass is 256 g/mol. The van der Waals surface area contributed by atoms with Gasteiger partial charge in [0.1, 0.15) is 0 Å². The Kier molecular flexibility index (Phi) is 6.61. The van der Waals surface area contributed by atoms with Crippen LogP contribution in [0, 0.1) is 5.92 Å². The molecule has 0 heterocycles. The van der Waals surface area contributed by atoms with Crippen molar-refractivity contribution < 1.29 is 5.11 Å². The Morgan fingerprint density at radius 3 is 2.33 bits per heavy atom. The molecule has 0 aromatic rings. The highest BCUT2D eigenvalue weighted by Gasteiger charge is 2.45. The van der Waals surface area contributed by atoms with Crippen LogP contribution >= 0.6 is 0 Å². The average Bonchev–Trinajstić information content (AvgIpc) is 3.18. The summed E-state index contributed by atoms with van der Waals surface area (Å²) in [7, 11) is 0. The molecule has 0 aromatic heterocycles. The van der Waals surface area contributed by atoms with Crippen LogP contribution in [0.3, 0.4) is 0 Å². The molecular formula is C15H32N2O. The first-order valence-electron chi connectivity index (χ1n) is 7.69. The van der Waals surface area contributed by atoms with Gasteiger partial charge in [0.15, 0.2) is 0 Å². The van der Waals surface area contributed by atoms with Crippen molar-refractivity contribution in [1.82, 2.24) is 10.2 Å². The van der Waals surface area contributed by atoms with Crippen molar-refractivity contribution in [2.24, 2.45) is 5.92 Å². The minimum atomic E-state index is -0.0601. The van der Waals surface area contributed by atoms with Crippen LogP contribution in [0.4, 0.5) is 0 Å². The number of aliphatic hydroxyl groups is 1. The smallest absolute Gasteiger partial charge is 0.0628 e. The Balaban J connectivity index is 2.68. The first kappa shape index (κ1) is 15.9. The lowest BCUT2D eigenvalue weighted by molar-refractivity contribution is 0.0768. The molecule has 1 aliphatic carbocycles. The van der Waals surface area contributed by atoms with Crippen molar-refractivity contribution >= 4 is 0 Å².